The van der Waals surface area contributed by atoms with Crippen molar-refractivity contribution >= 4 is 63.7 Å². The van der Waals surface area contributed by atoms with E-state index in [-0.39, 0.29) is 42.2 Å². The van der Waals surface area contributed by atoms with Gasteiger partial charge in [-0.15, -0.1) is 0 Å². The lowest BCUT2D eigenvalue weighted by Gasteiger charge is -2.37. The fourth-order valence-corrected chi connectivity index (χ4v) is 7.74. The summed E-state index contributed by atoms with van der Waals surface area (Å²) in [4.78, 5) is 92.7. The van der Waals surface area contributed by atoms with Gasteiger partial charge in [-0.3, -0.25) is 44.0 Å². The van der Waals surface area contributed by atoms with E-state index in [0.717, 1.165) is 28.6 Å². The Balaban J connectivity index is 0.715. The zero-order chi connectivity index (χ0) is 41.8. The molecule has 4 N–H and O–H groups in total. The summed E-state index contributed by atoms with van der Waals surface area (Å²) in [6, 6.07) is 11.8. The Morgan fingerprint density at radius 1 is 0.917 bits per heavy atom. The van der Waals surface area contributed by atoms with Crippen molar-refractivity contribution in [3.63, 3.8) is 0 Å². The van der Waals surface area contributed by atoms with Crippen LogP contribution < -0.4 is 21.3 Å². The molecule has 0 spiro atoms. The maximum absolute atomic E-state index is 13.4. The second-order valence-electron chi connectivity index (χ2n) is 15.6. The van der Waals surface area contributed by atoms with Crippen LogP contribution in [0.3, 0.4) is 0 Å². The number of piperidine rings is 1. The van der Waals surface area contributed by atoms with Crippen molar-refractivity contribution < 1.29 is 38.2 Å². The van der Waals surface area contributed by atoms with Gasteiger partial charge in [0.1, 0.15) is 17.7 Å². The van der Waals surface area contributed by atoms with E-state index in [9.17, 15) is 28.8 Å². The number of ether oxygens (including phenoxy) is 2. The predicted octanol–water partition coefficient (Wildman–Crippen LogP) is 3.38. The summed E-state index contributed by atoms with van der Waals surface area (Å²) in [7, 11) is 1.75. The third-order valence-electron chi connectivity index (χ3n) is 11.3. The maximum atomic E-state index is 13.4. The van der Waals surface area contributed by atoms with Crippen molar-refractivity contribution in [1.82, 2.24) is 35.4 Å². The van der Waals surface area contributed by atoms with Gasteiger partial charge in [-0.05, 0) is 74.8 Å². The van der Waals surface area contributed by atoms with E-state index in [1.165, 1.54) is 0 Å². The number of hydrogen-bond donors (Lipinski definition) is 4. The molecule has 8 rings (SSSR count). The van der Waals surface area contributed by atoms with E-state index < -0.39 is 29.7 Å². The number of aromatic nitrogens is 3. The first kappa shape index (κ1) is 40.4. The minimum absolute atomic E-state index is 0.0138. The van der Waals surface area contributed by atoms with Crippen molar-refractivity contribution in [2.24, 2.45) is 5.92 Å². The van der Waals surface area contributed by atoms with Crippen molar-refractivity contribution in [2.75, 3.05) is 50.7 Å². The van der Waals surface area contributed by atoms with E-state index in [2.05, 4.69) is 36.2 Å². The predicted molar refractivity (Wildman–Crippen MR) is 218 cm³/mol. The molecule has 3 fully saturated rings. The number of pyridine rings is 3. The molecule has 5 heterocycles. The molecule has 312 valence electrons. The van der Waals surface area contributed by atoms with Gasteiger partial charge >= 0.3 is 0 Å². The molecule has 1 atom stereocenters. The van der Waals surface area contributed by atoms with Crippen LogP contribution >= 0.6 is 0 Å². The first-order valence-electron chi connectivity index (χ1n) is 20.4. The number of amides is 6. The molecule has 4 aliphatic rings. The van der Waals surface area contributed by atoms with Crippen molar-refractivity contribution in [3.8, 4) is 0 Å². The smallest absolute Gasteiger partial charge is 0.262 e. The molecule has 2 aliphatic heterocycles. The van der Waals surface area contributed by atoms with Crippen molar-refractivity contribution in [3.05, 3.63) is 83.3 Å². The Labute approximate surface area is 346 Å². The topological polar surface area (TPSA) is 214 Å². The summed E-state index contributed by atoms with van der Waals surface area (Å²) in [5.74, 6) is -1.30. The van der Waals surface area contributed by atoms with Gasteiger partial charge in [-0.2, -0.15) is 0 Å². The molecule has 1 aromatic carbocycles. The molecule has 17 heteroatoms. The van der Waals surface area contributed by atoms with Crippen LogP contribution in [-0.2, 0) is 30.3 Å². The van der Waals surface area contributed by atoms with Crippen LogP contribution in [0, 0.1) is 5.92 Å². The molecule has 4 aromatic rings. The summed E-state index contributed by atoms with van der Waals surface area (Å²) in [5.41, 5.74) is 3.22. The SMILES string of the molecule is CN(CCOCCOCCCc1cccc2c1C(=O)N(C1CCC(=O)NC1=O)C2=O)C(=O)C1CC(NC(=O)c2cnc(Nc3ccc4cnccc4n3)cc2NC2CC2)C1. The molecule has 1 unspecified atom stereocenters. The van der Waals surface area contributed by atoms with E-state index in [1.54, 1.807) is 48.7 Å². The number of carbonyl (C=O) groups is 6. The van der Waals surface area contributed by atoms with Crippen LogP contribution in [0.25, 0.3) is 10.9 Å². The molecule has 17 nitrogen and oxygen atoms in total. The molecule has 2 saturated carbocycles. The lowest BCUT2D eigenvalue weighted by atomic mass is 9.79. The number of hydrogen-bond acceptors (Lipinski definition) is 13. The summed E-state index contributed by atoms with van der Waals surface area (Å²) in [5, 5.41) is 12.9. The number of carbonyl (C=O) groups excluding carboxylic acids is 6. The van der Waals surface area contributed by atoms with Gasteiger partial charge in [0.15, 0.2) is 0 Å². The molecular formula is C43H47N9O8. The van der Waals surface area contributed by atoms with Crippen LogP contribution in [0.1, 0.15) is 81.6 Å². The van der Waals surface area contributed by atoms with E-state index in [1.807, 2.05) is 24.3 Å². The Bertz CT molecular complexity index is 2330. The standard InChI is InChI=1S/C43H47N9O8/c1-51(15-17-60-19-18-59-16-3-5-25-4-2-6-30-38(25)43(58)52(42(30)57)34-10-12-37(53)50-40(34)55)41(56)27-20-29(21-27)47-39(54)31-24-45-36(22-33(31)46-28-8-9-28)49-35-11-7-26-23-44-14-13-32(26)48-35/h2,4,6-7,11,13-14,22-24,27-29,34H,3,5,8-10,12,15-21H2,1H3,(H,47,54)(H,50,53,55)(H2,45,46,48,49). The molecule has 0 bridgehead atoms. The first-order chi connectivity index (χ1) is 29.1. The molecule has 60 heavy (non-hydrogen) atoms. The Morgan fingerprint density at radius 3 is 2.53 bits per heavy atom. The Hall–Kier alpha value is -6.33. The van der Waals surface area contributed by atoms with Crippen molar-refractivity contribution in [1.29, 1.82) is 0 Å². The minimum Gasteiger partial charge on any atom is -0.382 e. The van der Waals surface area contributed by atoms with Gasteiger partial charge < -0.3 is 30.3 Å². The number of rotatable bonds is 18. The molecule has 6 amide bonds. The fourth-order valence-electron chi connectivity index (χ4n) is 7.74. The number of benzene rings is 1. The Morgan fingerprint density at radius 2 is 1.73 bits per heavy atom. The lowest BCUT2D eigenvalue weighted by Crippen LogP contribution is -2.54. The van der Waals surface area contributed by atoms with Crippen LogP contribution in [0.2, 0.25) is 0 Å². The van der Waals surface area contributed by atoms with Crippen molar-refractivity contribution in [2.45, 2.75) is 69.5 Å². The normalized spacial score (nSPS) is 19.8. The van der Waals surface area contributed by atoms with E-state index >= 15 is 0 Å². The third-order valence-corrected chi connectivity index (χ3v) is 11.3. The third kappa shape index (κ3) is 9.11. The largest absolute Gasteiger partial charge is 0.382 e. The fraction of sp³-hybridized carbons (Fsp3) is 0.419. The number of anilines is 3. The second kappa shape index (κ2) is 17.9. The number of fused-ring (bicyclic) bond motifs is 2. The van der Waals surface area contributed by atoms with Crippen LogP contribution in [-0.4, -0.2) is 118 Å². The number of likely N-dealkylation sites (N-methyl/N-ethyl adjacent to an activating group) is 1. The molecule has 3 aromatic heterocycles. The summed E-state index contributed by atoms with van der Waals surface area (Å²) < 4.78 is 11.4. The average molecular weight is 818 g/mol. The Kier molecular flexibility index (Phi) is 12.1. The van der Waals surface area contributed by atoms with Gasteiger partial charge in [0.25, 0.3) is 17.7 Å². The van der Waals surface area contributed by atoms with Crippen LogP contribution in [0.4, 0.5) is 17.3 Å². The van der Waals surface area contributed by atoms with Gasteiger partial charge in [-0.1, -0.05) is 12.1 Å². The highest BCUT2D eigenvalue weighted by Gasteiger charge is 2.45. The zero-order valence-corrected chi connectivity index (χ0v) is 33.3. The number of nitrogens with one attached hydrogen (secondary N) is 4. The lowest BCUT2D eigenvalue weighted by molar-refractivity contribution is -0.138. The molecule has 2 aliphatic carbocycles. The van der Waals surface area contributed by atoms with Crippen LogP contribution in [0.5, 0.6) is 0 Å². The van der Waals surface area contributed by atoms with Gasteiger partial charge in [0.05, 0.1) is 47.7 Å². The quantitative estimate of drug-likeness (QED) is 0.0839. The van der Waals surface area contributed by atoms with E-state index in [0.29, 0.717) is 98.7 Å². The maximum Gasteiger partial charge on any atom is 0.262 e. The zero-order valence-electron chi connectivity index (χ0n) is 33.3. The molecular weight excluding hydrogens is 771 g/mol. The number of aryl methyl sites for hydroxylation is 1. The highest BCUT2D eigenvalue weighted by atomic mass is 16.5. The molecule has 1 saturated heterocycles. The minimum atomic E-state index is -1.01. The van der Waals surface area contributed by atoms with E-state index in [4.69, 9.17) is 9.47 Å². The van der Waals surface area contributed by atoms with Gasteiger partial charge in [-0.25, -0.2) is 9.97 Å². The average Bonchev–Trinajstić information content (AvgIpc) is 4.01. The van der Waals surface area contributed by atoms with Gasteiger partial charge in [0.2, 0.25) is 17.7 Å². The highest BCUT2D eigenvalue weighted by Crippen LogP contribution is 2.33. The summed E-state index contributed by atoms with van der Waals surface area (Å²) in [6.45, 7) is 1.86. The number of imide groups is 2. The van der Waals surface area contributed by atoms with Crippen LogP contribution in [0.15, 0.2) is 61.1 Å². The summed E-state index contributed by atoms with van der Waals surface area (Å²) in [6.07, 6.45) is 9.47. The number of nitrogens with zero attached hydrogens (tertiary/aromatic N) is 5. The summed E-state index contributed by atoms with van der Waals surface area (Å²) >= 11 is 0. The first-order valence-corrected chi connectivity index (χ1v) is 20.4. The monoisotopic (exact) mass is 817 g/mol. The molecule has 0 radical (unpaired) electrons. The van der Waals surface area contributed by atoms with Gasteiger partial charge in [0, 0.05) is 74.7 Å². The second-order valence-corrected chi connectivity index (χ2v) is 15.6. The highest BCUT2D eigenvalue weighted by molar-refractivity contribution is 6.24.